The highest BCUT2D eigenvalue weighted by Crippen LogP contribution is 2.29. The maximum atomic E-state index is 12.3. The number of amides is 1. The van der Waals surface area contributed by atoms with Gasteiger partial charge in [0.05, 0.1) is 0 Å². The van der Waals surface area contributed by atoms with Gasteiger partial charge in [0, 0.05) is 18.2 Å². The third-order valence-electron chi connectivity index (χ3n) is 4.21. The molecule has 23 heavy (non-hydrogen) atoms. The molecule has 1 aromatic heterocycles. The smallest absolute Gasteiger partial charge is 0.356 e. The summed E-state index contributed by atoms with van der Waals surface area (Å²) >= 11 is 0. The first-order valence-corrected chi connectivity index (χ1v) is 7.72. The van der Waals surface area contributed by atoms with E-state index in [2.05, 4.69) is 10.4 Å². The Morgan fingerprint density at radius 1 is 1.30 bits per heavy atom. The lowest BCUT2D eigenvalue weighted by Gasteiger charge is -2.25. The van der Waals surface area contributed by atoms with Crippen LogP contribution in [0.15, 0.2) is 30.3 Å². The second-order valence-corrected chi connectivity index (χ2v) is 6.02. The molecule has 1 aliphatic rings. The van der Waals surface area contributed by atoms with Crippen LogP contribution in [0.3, 0.4) is 0 Å². The van der Waals surface area contributed by atoms with E-state index in [0.29, 0.717) is 23.8 Å². The van der Waals surface area contributed by atoms with Crippen molar-refractivity contribution < 1.29 is 14.7 Å². The van der Waals surface area contributed by atoms with Crippen molar-refractivity contribution in [2.75, 3.05) is 5.32 Å². The fraction of sp³-hybridized carbons (Fsp3) is 0.353. The van der Waals surface area contributed by atoms with Gasteiger partial charge in [0.2, 0.25) is 0 Å². The zero-order valence-electron chi connectivity index (χ0n) is 13.0. The molecule has 0 atom stereocenters. The molecule has 2 N–H and O–H groups in total. The fourth-order valence-corrected chi connectivity index (χ4v) is 2.57. The Kier molecular flexibility index (Phi) is 4.14. The van der Waals surface area contributed by atoms with E-state index in [1.54, 1.807) is 16.8 Å². The first kappa shape index (κ1) is 15.3. The summed E-state index contributed by atoms with van der Waals surface area (Å²) < 4.78 is 1.60. The summed E-state index contributed by atoms with van der Waals surface area (Å²) in [4.78, 5) is 23.5. The highest BCUT2D eigenvalue weighted by Gasteiger charge is 2.22. The SMILES string of the molecule is Cc1ccc(C(=O)Nc2cc(C(=O)O)nn2CC2CCC2)cc1. The minimum atomic E-state index is -1.09. The number of nitrogens with zero attached hydrogens (tertiary/aromatic N) is 2. The van der Waals surface area contributed by atoms with Crippen molar-refractivity contribution in [1.29, 1.82) is 0 Å². The third-order valence-corrected chi connectivity index (χ3v) is 4.21. The van der Waals surface area contributed by atoms with Gasteiger partial charge in [-0.25, -0.2) is 9.48 Å². The van der Waals surface area contributed by atoms with Crippen LogP contribution in [0.1, 0.15) is 45.7 Å². The van der Waals surface area contributed by atoms with Crippen LogP contribution in [0.5, 0.6) is 0 Å². The van der Waals surface area contributed by atoms with E-state index in [0.717, 1.165) is 18.4 Å². The van der Waals surface area contributed by atoms with Gasteiger partial charge < -0.3 is 10.4 Å². The summed E-state index contributed by atoms with van der Waals surface area (Å²) in [5.41, 5.74) is 1.55. The molecule has 1 fully saturated rings. The first-order chi connectivity index (χ1) is 11.0. The molecule has 0 spiro atoms. The number of aryl methyl sites for hydroxylation is 1. The number of aromatic nitrogens is 2. The summed E-state index contributed by atoms with van der Waals surface area (Å²) in [5, 5.41) is 16.0. The number of carboxylic acids is 1. The van der Waals surface area contributed by atoms with Gasteiger partial charge in [-0.15, -0.1) is 0 Å². The number of rotatable bonds is 5. The van der Waals surface area contributed by atoms with Gasteiger partial charge in [-0.2, -0.15) is 5.10 Å². The number of carbonyl (C=O) groups is 2. The maximum absolute atomic E-state index is 12.3. The molecule has 1 aliphatic carbocycles. The molecule has 1 aromatic carbocycles. The van der Waals surface area contributed by atoms with E-state index < -0.39 is 5.97 Å². The van der Waals surface area contributed by atoms with Crippen LogP contribution in [-0.2, 0) is 6.54 Å². The fourth-order valence-electron chi connectivity index (χ4n) is 2.57. The van der Waals surface area contributed by atoms with Gasteiger partial charge >= 0.3 is 5.97 Å². The predicted molar refractivity (Wildman–Crippen MR) is 85.7 cm³/mol. The van der Waals surface area contributed by atoms with E-state index in [4.69, 9.17) is 5.11 Å². The van der Waals surface area contributed by atoms with Crippen molar-refractivity contribution in [2.24, 2.45) is 5.92 Å². The normalized spacial score (nSPS) is 14.3. The zero-order valence-corrected chi connectivity index (χ0v) is 13.0. The molecule has 1 saturated carbocycles. The van der Waals surface area contributed by atoms with Gasteiger partial charge in [-0.3, -0.25) is 4.79 Å². The second-order valence-electron chi connectivity index (χ2n) is 6.02. The highest BCUT2D eigenvalue weighted by atomic mass is 16.4. The molecule has 6 nitrogen and oxygen atoms in total. The molecule has 3 rings (SSSR count). The van der Waals surface area contributed by atoms with Crippen molar-refractivity contribution >= 4 is 17.7 Å². The van der Waals surface area contributed by atoms with E-state index >= 15 is 0 Å². The predicted octanol–water partition coefficient (Wildman–Crippen LogP) is 2.94. The minimum absolute atomic E-state index is 0.0523. The Morgan fingerprint density at radius 3 is 2.57 bits per heavy atom. The van der Waals surface area contributed by atoms with Crippen LogP contribution < -0.4 is 5.32 Å². The number of hydrogen-bond donors (Lipinski definition) is 2. The lowest BCUT2D eigenvalue weighted by atomic mass is 9.85. The van der Waals surface area contributed by atoms with Crippen molar-refractivity contribution in [3.05, 3.63) is 47.2 Å². The molecule has 0 unspecified atom stereocenters. The van der Waals surface area contributed by atoms with Crippen molar-refractivity contribution in [1.82, 2.24) is 9.78 Å². The van der Waals surface area contributed by atoms with Crippen LogP contribution in [0.25, 0.3) is 0 Å². The monoisotopic (exact) mass is 313 g/mol. The molecule has 2 aromatic rings. The molecular weight excluding hydrogens is 294 g/mol. The Hall–Kier alpha value is -2.63. The number of aromatic carboxylic acids is 1. The highest BCUT2D eigenvalue weighted by molar-refractivity contribution is 6.04. The number of benzene rings is 1. The average Bonchev–Trinajstić information content (AvgIpc) is 2.87. The van der Waals surface area contributed by atoms with Crippen LogP contribution in [0, 0.1) is 12.8 Å². The topological polar surface area (TPSA) is 84.2 Å². The zero-order chi connectivity index (χ0) is 16.4. The summed E-state index contributed by atoms with van der Waals surface area (Å²) in [7, 11) is 0. The molecule has 1 amide bonds. The molecule has 0 saturated heterocycles. The Labute approximate surface area is 134 Å². The van der Waals surface area contributed by atoms with E-state index in [1.165, 1.54) is 12.5 Å². The minimum Gasteiger partial charge on any atom is -0.476 e. The summed E-state index contributed by atoms with van der Waals surface area (Å²) in [6.45, 7) is 2.59. The van der Waals surface area contributed by atoms with E-state index in [-0.39, 0.29) is 11.6 Å². The second kappa shape index (κ2) is 6.24. The molecule has 120 valence electrons. The largest absolute Gasteiger partial charge is 0.476 e. The molecule has 0 radical (unpaired) electrons. The number of anilines is 1. The van der Waals surface area contributed by atoms with Gasteiger partial charge in [0.25, 0.3) is 5.91 Å². The van der Waals surface area contributed by atoms with Crippen LogP contribution in [0.2, 0.25) is 0 Å². The molecule has 1 heterocycles. The number of carboxylic acid groups (broad SMARTS) is 1. The summed E-state index contributed by atoms with van der Waals surface area (Å²) in [6, 6.07) is 8.63. The molecule has 0 aliphatic heterocycles. The van der Waals surface area contributed by atoms with E-state index in [9.17, 15) is 9.59 Å². The summed E-state index contributed by atoms with van der Waals surface area (Å²) in [5.74, 6) is -0.425. The van der Waals surface area contributed by atoms with E-state index in [1.807, 2.05) is 19.1 Å². The molecule has 6 heteroatoms. The third kappa shape index (κ3) is 3.41. The maximum Gasteiger partial charge on any atom is 0.356 e. The molecular formula is C17H19N3O3. The number of hydrogen-bond acceptors (Lipinski definition) is 3. The summed E-state index contributed by atoms with van der Waals surface area (Å²) in [6.07, 6.45) is 3.43. The van der Waals surface area contributed by atoms with Crippen LogP contribution >= 0.6 is 0 Å². The standard InChI is InChI=1S/C17H19N3O3/c1-11-5-7-13(8-6-11)16(21)18-15-9-14(17(22)23)19-20(15)10-12-3-2-4-12/h5-9,12H,2-4,10H2,1H3,(H,18,21)(H,22,23). The Bertz CT molecular complexity index is 730. The Balaban J connectivity index is 1.80. The van der Waals surface area contributed by atoms with Crippen molar-refractivity contribution in [3.63, 3.8) is 0 Å². The van der Waals surface area contributed by atoms with Crippen molar-refractivity contribution in [3.8, 4) is 0 Å². The van der Waals surface area contributed by atoms with Crippen LogP contribution in [0.4, 0.5) is 5.82 Å². The number of nitrogens with one attached hydrogen (secondary N) is 1. The van der Waals surface area contributed by atoms with Gasteiger partial charge in [-0.1, -0.05) is 24.1 Å². The first-order valence-electron chi connectivity index (χ1n) is 7.72. The van der Waals surface area contributed by atoms with Gasteiger partial charge in [0.1, 0.15) is 5.82 Å². The van der Waals surface area contributed by atoms with Crippen LogP contribution in [-0.4, -0.2) is 26.8 Å². The number of carbonyl (C=O) groups excluding carboxylic acids is 1. The lowest BCUT2D eigenvalue weighted by Crippen LogP contribution is -2.22. The average molecular weight is 313 g/mol. The van der Waals surface area contributed by atoms with Gasteiger partial charge in [0.15, 0.2) is 5.69 Å². The quantitative estimate of drug-likeness (QED) is 0.889. The Morgan fingerprint density at radius 2 is 2.00 bits per heavy atom. The van der Waals surface area contributed by atoms with Crippen molar-refractivity contribution in [2.45, 2.75) is 32.7 Å². The lowest BCUT2D eigenvalue weighted by molar-refractivity contribution is 0.0688. The molecule has 0 bridgehead atoms. The van der Waals surface area contributed by atoms with Gasteiger partial charge in [-0.05, 0) is 37.8 Å².